The Kier molecular flexibility index (Phi) is 2.06. The minimum atomic E-state index is -0.438. The standard InChI is InChI=1S/C7H7NO3/c1-6(8(9)10)4-7-2-3-11-5-7/h2-5H,1H3/b6-4+. The molecule has 0 amide bonds. The molecule has 0 aliphatic carbocycles. The molecule has 0 radical (unpaired) electrons. The first-order chi connectivity index (χ1) is 5.20. The monoisotopic (exact) mass is 153 g/mol. The fourth-order valence-corrected chi connectivity index (χ4v) is 0.651. The zero-order chi connectivity index (χ0) is 8.27. The number of nitro groups is 1. The van der Waals surface area contributed by atoms with Crippen LogP contribution in [-0.4, -0.2) is 4.92 Å². The Morgan fingerprint density at radius 1 is 1.82 bits per heavy atom. The number of furan rings is 1. The molecule has 1 aromatic rings. The van der Waals surface area contributed by atoms with E-state index in [-0.39, 0.29) is 5.70 Å². The highest BCUT2D eigenvalue weighted by molar-refractivity contribution is 5.48. The van der Waals surface area contributed by atoms with Crippen molar-refractivity contribution in [2.75, 3.05) is 0 Å². The summed E-state index contributed by atoms with van der Waals surface area (Å²) in [6.45, 7) is 1.44. The summed E-state index contributed by atoms with van der Waals surface area (Å²) in [5.74, 6) is 0. The van der Waals surface area contributed by atoms with E-state index in [1.807, 2.05) is 0 Å². The van der Waals surface area contributed by atoms with Gasteiger partial charge >= 0.3 is 0 Å². The van der Waals surface area contributed by atoms with E-state index in [1.54, 1.807) is 6.07 Å². The van der Waals surface area contributed by atoms with Gasteiger partial charge in [0.15, 0.2) is 0 Å². The molecule has 0 saturated heterocycles. The molecule has 0 aromatic carbocycles. The molecule has 0 spiro atoms. The Hall–Kier alpha value is -1.58. The number of hydrogen-bond donors (Lipinski definition) is 0. The summed E-state index contributed by atoms with van der Waals surface area (Å²) < 4.78 is 4.73. The van der Waals surface area contributed by atoms with Crippen LogP contribution in [0.5, 0.6) is 0 Å². The van der Waals surface area contributed by atoms with Crippen molar-refractivity contribution in [3.05, 3.63) is 40.0 Å². The van der Waals surface area contributed by atoms with Gasteiger partial charge in [0.05, 0.1) is 17.4 Å². The first-order valence-electron chi connectivity index (χ1n) is 3.05. The van der Waals surface area contributed by atoms with Crippen molar-refractivity contribution in [2.45, 2.75) is 6.92 Å². The van der Waals surface area contributed by atoms with E-state index in [9.17, 15) is 10.1 Å². The average Bonchev–Trinajstić information content (AvgIpc) is 2.39. The fourth-order valence-electron chi connectivity index (χ4n) is 0.651. The third kappa shape index (κ3) is 1.93. The molecule has 0 unspecified atom stereocenters. The van der Waals surface area contributed by atoms with Gasteiger partial charge in [0.1, 0.15) is 0 Å². The molecular weight excluding hydrogens is 146 g/mol. The van der Waals surface area contributed by atoms with Crippen LogP contribution in [0.3, 0.4) is 0 Å². The maximum absolute atomic E-state index is 10.1. The van der Waals surface area contributed by atoms with Crippen LogP contribution in [0.15, 0.2) is 28.7 Å². The van der Waals surface area contributed by atoms with Gasteiger partial charge in [0.25, 0.3) is 0 Å². The zero-order valence-corrected chi connectivity index (χ0v) is 5.98. The summed E-state index contributed by atoms with van der Waals surface area (Å²) in [7, 11) is 0. The zero-order valence-electron chi connectivity index (χ0n) is 5.98. The second-order valence-corrected chi connectivity index (χ2v) is 2.10. The maximum atomic E-state index is 10.1. The predicted octanol–water partition coefficient (Wildman–Crippen LogP) is 1.92. The lowest BCUT2D eigenvalue weighted by Crippen LogP contribution is -1.92. The Bertz CT molecular complexity index is 274. The quantitative estimate of drug-likeness (QED) is 0.481. The predicted molar refractivity (Wildman–Crippen MR) is 39.4 cm³/mol. The lowest BCUT2D eigenvalue weighted by atomic mass is 10.3. The van der Waals surface area contributed by atoms with Gasteiger partial charge in [0.2, 0.25) is 5.70 Å². The van der Waals surface area contributed by atoms with Crippen molar-refractivity contribution < 1.29 is 9.34 Å². The molecule has 0 fully saturated rings. The highest BCUT2D eigenvalue weighted by Gasteiger charge is 2.01. The lowest BCUT2D eigenvalue weighted by molar-refractivity contribution is -0.422. The molecule has 0 saturated carbocycles. The summed E-state index contributed by atoms with van der Waals surface area (Å²) in [5, 5.41) is 10.1. The number of hydrogen-bond acceptors (Lipinski definition) is 3. The van der Waals surface area contributed by atoms with E-state index >= 15 is 0 Å². The van der Waals surface area contributed by atoms with E-state index in [0.29, 0.717) is 5.56 Å². The molecule has 4 nitrogen and oxygen atoms in total. The lowest BCUT2D eigenvalue weighted by Gasteiger charge is -1.85. The van der Waals surface area contributed by atoms with Crippen molar-refractivity contribution in [1.29, 1.82) is 0 Å². The molecule has 0 atom stereocenters. The normalized spacial score (nSPS) is 11.5. The second-order valence-electron chi connectivity index (χ2n) is 2.10. The second kappa shape index (κ2) is 3.01. The Balaban J connectivity index is 2.82. The third-order valence-corrected chi connectivity index (χ3v) is 1.21. The van der Waals surface area contributed by atoms with Crippen LogP contribution in [0.1, 0.15) is 12.5 Å². The molecule has 0 N–H and O–H groups in total. The van der Waals surface area contributed by atoms with Crippen LogP contribution < -0.4 is 0 Å². The third-order valence-electron chi connectivity index (χ3n) is 1.21. The van der Waals surface area contributed by atoms with Crippen LogP contribution in [0, 0.1) is 10.1 Å². The van der Waals surface area contributed by atoms with Crippen molar-refractivity contribution >= 4 is 6.08 Å². The van der Waals surface area contributed by atoms with Gasteiger partial charge in [-0.3, -0.25) is 10.1 Å². The Labute approximate surface area is 63.3 Å². The van der Waals surface area contributed by atoms with Gasteiger partial charge in [0, 0.05) is 18.6 Å². The van der Waals surface area contributed by atoms with Crippen LogP contribution in [-0.2, 0) is 0 Å². The first-order valence-corrected chi connectivity index (χ1v) is 3.05. The van der Waals surface area contributed by atoms with E-state index in [1.165, 1.54) is 25.5 Å². The van der Waals surface area contributed by atoms with Crippen molar-refractivity contribution in [2.24, 2.45) is 0 Å². The van der Waals surface area contributed by atoms with Gasteiger partial charge in [-0.1, -0.05) is 0 Å². The molecule has 0 bridgehead atoms. The molecule has 11 heavy (non-hydrogen) atoms. The highest BCUT2D eigenvalue weighted by atomic mass is 16.6. The van der Waals surface area contributed by atoms with E-state index < -0.39 is 4.92 Å². The van der Waals surface area contributed by atoms with Gasteiger partial charge < -0.3 is 4.42 Å². The molecule has 4 heteroatoms. The highest BCUT2D eigenvalue weighted by Crippen LogP contribution is 2.06. The maximum Gasteiger partial charge on any atom is 0.243 e. The smallest absolute Gasteiger partial charge is 0.243 e. The van der Waals surface area contributed by atoms with Crippen LogP contribution in [0.4, 0.5) is 0 Å². The Morgan fingerprint density at radius 3 is 3.00 bits per heavy atom. The van der Waals surface area contributed by atoms with Gasteiger partial charge in [-0.2, -0.15) is 0 Å². The minimum Gasteiger partial charge on any atom is -0.472 e. The van der Waals surface area contributed by atoms with Crippen LogP contribution in [0.2, 0.25) is 0 Å². The number of allylic oxidation sites excluding steroid dienone is 1. The van der Waals surface area contributed by atoms with Gasteiger partial charge in [-0.15, -0.1) is 0 Å². The summed E-state index contributed by atoms with van der Waals surface area (Å²) in [5.41, 5.74) is 0.811. The van der Waals surface area contributed by atoms with Crippen LogP contribution in [0.25, 0.3) is 6.08 Å². The number of nitrogens with zero attached hydrogens (tertiary/aromatic N) is 1. The van der Waals surface area contributed by atoms with Gasteiger partial charge in [-0.25, -0.2) is 0 Å². The van der Waals surface area contributed by atoms with Crippen molar-refractivity contribution in [1.82, 2.24) is 0 Å². The summed E-state index contributed by atoms with van der Waals surface area (Å²) >= 11 is 0. The SMILES string of the molecule is C/C(=C\c1ccoc1)[N+](=O)[O-]. The van der Waals surface area contributed by atoms with E-state index in [4.69, 9.17) is 4.42 Å². The van der Waals surface area contributed by atoms with Crippen molar-refractivity contribution in [3.63, 3.8) is 0 Å². The average molecular weight is 153 g/mol. The molecule has 1 heterocycles. The summed E-state index contributed by atoms with van der Waals surface area (Å²) in [6.07, 6.45) is 4.37. The molecule has 0 aliphatic rings. The van der Waals surface area contributed by atoms with Crippen molar-refractivity contribution in [3.8, 4) is 0 Å². The van der Waals surface area contributed by atoms with Gasteiger partial charge in [-0.05, 0) is 6.07 Å². The molecular formula is C7H7NO3. The first kappa shape index (κ1) is 7.53. The van der Waals surface area contributed by atoms with E-state index in [0.717, 1.165) is 0 Å². The topological polar surface area (TPSA) is 56.3 Å². The summed E-state index contributed by atoms with van der Waals surface area (Å²) in [4.78, 5) is 9.69. The Morgan fingerprint density at radius 2 is 2.55 bits per heavy atom. The molecule has 58 valence electrons. The van der Waals surface area contributed by atoms with Crippen LogP contribution >= 0.6 is 0 Å². The molecule has 1 rings (SSSR count). The fraction of sp³-hybridized carbons (Fsp3) is 0.143. The molecule has 0 aliphatic heterocycles. The number of rotatable bonds is 2. The summed E-state index contributed by atoms with van der Waals surface area (Å²) in [6, 6.07) is 1.66. The minimum absolute atomic E-state index is 0.103. The van der Waals surface area contributed by atoms with E-state index in [2.05, 4.69) is 0 Å². The largest absolute Gasteiger partial charge is 0.472 e. The molecule has 1 aromatic heterocycles.